The number of esters is 2. The molecule has 0 saturated carbocycles. The molecule has 8 amide bonds. The fourth-order valence-corrected chi connectivity index (χ4v) is 11.1. The van der Waals surface area contributed by atoms with E-state index in [1.165, 1.54) is 7.11 Å². The van der Waals surface area contributed by atoms with Gasteiger partial charge in [0.1, 0.15) is 12.1 Å². The number of aliphatic hydroxyl groups excluding tert-OH is 1. The van der Waals surface area contributed by atoms with Crippen molar-refractivity contribution in [3.05, 3.63) is 35.9 Å². The molecule has 86 heavy (non-hydrogen) atoms. The number of rotatable bonds is 22. The van der Waals surface area contributed by atoms with Crippen LogP contribution in [0, 0.1) is 23.7 Å². The molecule has 0 spiro atoms. The number of aromatic amines is 1. The van der Waals surface area contributed by atoms with Crippen LogP contribution in [0.3, 0.4) is 0 Å². The number of Topliss-reactive ketones (excluding diaryl/α,β-unsaturated/α-hetero) is 2. The first kappa shape index (κ1) is 69.2. The number of methoxy groups -OCH3 is 2. The summed E-state index contributed by atoms with van der Waals surface area (Å²) in [5, 5.41) is 30.4. The van der Waals surface area contributed by atoms with Crippen LogP contribution in [0.15, 0.2) is 35.4 Å². The number of nitrogens with one attached hydrogen (secondary N) is 8. The highest BCUT2D eigenvalue weighted by molar-refractivity contribution is 7.99. The molecule has 0 unspecified atom stereocenters. The fraction of sp³-hybridized carbons (Fsp3) is 0.603. The van der Waals surface area contributed by atoms with E-state index in [9.17, 15) is 67.4 Å². The van der Waals surface area contributed by atoms with Crippen molar-refractivity contribution in [1.82, 2.24) is 41.8 Å². The maximum atomic E-state index is 14.8. The number of H-pyrrole nitrogens is 1. The molecule has 28 heteroatoms. The first-order valence-electron chi connectivity index (χ1n) is 28.9. The number of carbonyl (C=O) groups is 13. The Morgan fingerprint density at radius 3 is 2.13 bits per heavy atom. The van der Waals surface area contributed by atoms with Crippen molar-refractivity contribution in [1.29, 1.82) is 0 Å². The van der Waals surface area contributed by atoms with E-state index in [0.717, 1.165) is 35.9 Å². The molecule has 3 aliphatic heterocycles. The van der Waals surface area contributed by atoms with Crippen molar-refractivity contribution >= 4 is 105 Å². The molecule has 2 aromatic rings. The van der Waals surface area contributed by atoms with Crippen LogP contribution in [0.25, 0.3) is 10.9 Å². The Bertz CT molecular complexity index is 2840. The molecule has 9 N–H and O–H groups in total. The normalized spacial score (nSPS) is 23.0. The van der Waals surface area contributed by atoms with Crippen LogP contribution in [0.4, 0.5) is 5.69 Å². The maximum absolute atomic E-state index is 14.8. The number of fused-ring (bicyclic) bond motifs is 5. The largest absolute Gasteiger partial charge is 0.469 e. The molecule has 4 heterocycles. The third-order valence-electron chi connectivity index (χ3n) is 15.2. The predicted molar refractivity (Wildman–Crippen MR) is 310 cm³/mol. The van der Waals surface area contributed by atoms with E-state index >= 15 is 0 Å². The van der Waals surface area contributed by atoms with Crippen LogP contribution < -0.4 is 37.2 Å². The van der Waals surface area contributed by atoms with Gasteiger partial charge in [0.25, 0.3) is 0 Å². The number of benzene rings is 1. The van der Waals surface area contributed by atoms with E-state index in [0.29, 0.717) is 46.4 Å². The first-order chi connectivity index (χ1) is 41.0. The highest BCUT2D eigenvalue weighted by Gasteiger charge is 2.44. The lowest BCUT2D eigenvalue weighted by atomic mass is 9.86. The average molecular weight is 1220 g/mol. The Hall–Kier alpha value is -7.56. The molecule has 1 aromatic carbocycles. The Kier molecular flexibility index (Phi) is 27.8. The molecular weight excluding hydrogens is 1140 g/mol. The van der Waals surface area contributed by atoms with Crippen molar-refractivity contribution < 1.29 is 86.4 Å². The van der Waals surface area contributed by atoms with Crippen molar-refractivity contribution in [3.63, 3.8) is 0 Å². The van der Waals surface area contributed by atoms with Gasteiger partial charge in [-0.2, -0.15) is 0 Å². The van der Waals surface area contributed by atoms with Crippen LogP contribution in [0.5, 0.6) is 0 Å². The van der Waals surface area contributed by atoms with E-state index in [1.54, 1.807) is 45.9 Å². The molecule has 2 bridgehead atoms. The zero-order valence-corrected chi connectivity index (χ0v) is 50.3. The number of ketones is 3. The number of carbonyl (C=O) groups excluding carboxylic acids is 13. The number of nitrogens with zero attached hydrogens (tertiary/aromatic N) is 1. The van der Waals surface area contributed by atoms with Gasteiger partial charge in [0.15, 0.2) is 17.3 Å². The smallest absolute Gasteiger partial charge is 0.306 e. The van der Waals surface area contributed by atoms with E-state index in [-0.39, 0.29) is 83.2 Å². The van der Waals surface area contributed by atoms with E-state index in [4.69, 9.17) is 14.2 Å². The molecule has 1 aromatic heterocycles. The number of amides is 8. The van der Waals surface area contributed by atoms with Crippen LogP contribution in [0.2, 0.25) is 0 Å². The summed E-state index contributed by atoms with van der Waals surface area (Å²) in [6, 6.07) is -0.262. The molecule has 27 nitrogen and oxygen atoms in total. The molecule has 3 aliphatic rings. The molecular formula is C58H81N9O18S. The second kappa shape index (κ2) is 34.6. The number of aliphatic hydroxyl groups is 1. The summed E-state index contributed by atoms with van der Waals surface area (Å²) in [5.41, 5.74) is 1.24. The lowest BCUT2D eigenvalue weighted by Crippen LogP contribution is -2.55. The zero-order chi connectivity index (χ0) is 63.0. The predicted octanol–water partition coefficient (Wildman–Crippen LogP) is 0.231. The first-order valence-corrected chi connectivity index (χ1v) is 29.9. The quantitative estimate of drug-likeness (QED) is 0.0433. The van der Waals surface area contributed by atoms with Gasteiger partial charge in [-0.25, -0.2) is 0 Å². The number of hydrogen-bond donors (Lipinski definition) is 9. The van der Waals surface area contributed by atoms with Crippen molar-refractivity contribution in [2.45, 2.75) is 134 Å². The van der Waals surface area contributed by atoms with Gasteiger partial charge in [-0.3, -0.25) is 62.3 Å². The van der Waals surface area contributed by atoms with Gasteiger partial charge in [0.05, 0.1) is 95.7 Å². The number of allylic oxidation sites excluding steroid dienone is 1. The van der Waals surface area contributed by atoms with Gasteiger partial charge < -0.3 is 71.2 Å². The number of aromatic nitrogens is 1. The summed E-state index contributed by atoms with van der Waals surface area (Å²) in [4.78, 5) is 180. The number of thioether (sulfide) groups is 1. The van der Waals surface area contributed by atoms with Gasteiger partial charge in [0, 0.05) is 79.5 Å². The minimum Gasteiger partial charge on any atom is -0.469 e. The fourth-order valence-electron chi connectivity index (χ4n) is 9.90. The minimum atomic E-state index is -1.46. The van der Waals surface area contributed by atoms with E-state index < -0.39 is 157 Å². The van der Waals surface area contributed by atoms with Gasteiger partial charge in [-0.15, -0.1) is 11.8 Å². The number of ether oxygens (including phenoxy) is 4. The SMILES string of the molecule is CC[C@H](C)[C@@H]1NC(=O)[C@@H]2C[C@@H](O)CN2C(=O)[C@H](CC(=O)OC)CC(=O)[C@@H]2CSc3[nH]c4ccc(NC(=O)CCOCCOCCNC(=O)/C=C\C(=O)CCCC(=O)OC)cc4c3C[C@H](CC1=O)C(=O)NCC(=O)N[C@@H]([C@@H](C)CC)C(=O)NCC(=O)N2. The Balaban J connectivity index is 1.44. The monoisotopic (exact) mass is 1220 g/mol. The molecule has 1 fully saturated rings. The van der Waals surface area contributed by atoms with Gasteiger partial charge in [0.2, 0.25) is 47.3 Å². The standard InChI is InChI=1S/C58H81N9O18S/c1-7-32(3)52-45(71)23-34-22-40-39-26-36(62-47(73)16-18-84-20-21-85-19-17-59-46(72)15-13-37(68)10-9-11-50(76)82-5)12-14-41(39)64-57(40)86-31-42(63-48(74)28-61-56(80)53(33(4)8-2)65-49(75)29-60-54(34)78)44(70)24-35(25-51(77)83-6)58(81)67-30-38(69)27-43(67)55(79)66-52/h12-15,26,32-35,38,42-43,52-53,64,69H,7-11,16-25,27-31H2,1-6H3,(H,59,72)(H,60,78)(H,61,80)(H,62,73)(H,63,74)(H,65,75)(H,66,79)/b15-13-/t32-,33-,34+,35-,38+,42-,43-,52-,53-/m0/s1. The van der Waals surface area contributed by atoms with E-state index in [1.807, 2.05) is 0 Å². The Labute approximate surface area is 502 Å². The van der Waals surface area contributed by atoms with Crippen LogP contribution in [0.1, 0.15) is 97.5 Å². The zero-order valence-electron chi connectivity index (χ0n) is 49.5. The maximum Gasteiger partial charge on any atom is 0.306 e. The summed E-state index contributed by atoms with van der Waals surface area (Å²) >= 11 is 1.05. The number of anilines is 1. The van der Waals surface area contributed by atoms with Crippen LogP contribution in [-0.2, 0) is 87.7 Å². The molecule has 0 aliphatic carbocycles. The average Bonchev–Trinajstić information content (AvgIpc) is 1.83. The third-order valence-corrected chi connectivity index (χ3v) is 16.3. The summed E-state index contributed by atoms with van der Waals surface area (Å²) in [6.07, 6.45) is -0.0403. The summed E-state index contributed by atoms with van der Waals surface area (Å²) in [6.45, 7) is 5.92. The highest BCUT2D eigenvalue weighted by Crippen LogP contribution is 2.36. The number of hydrogen-bond acceptors (Lipinski definition) is 19. The van der Waals surface area contributed by atoms with Crippen molar-refractivity contribution in [2.75, 3.05) is 77.9 Å². The van der Waals surface area contributed by atoms with Crippen molar-refractivity contribution in [3.8, 4) is 0 Å². The summed E-state index contributed by atoms with van der Waals surface area (Å²) in [5.74, 6) is -12.5. The van der Waals surface area contributed by atoms with Crippen LogP contribution in [-0.4, -0.2) is 194 Å². The molecule has 1 saturated heterocycles. The Morgan fingerprint density at radius 2 is 1.43 bits per heavy atom. The molecule has 9 atom stereocenters. The summed E-state index contributed by atoms with van der Waals surface area (Å²) < 4.78 is 20.5. The van der Waals surface area contributed by atoms with Gasteiger partial charge >= 0.3 is 11.9 Å². The lowest BCUT2D eigenvalue weighted by Gasteiger charge is -2.31. The molecule has 472 valence electrons. The van der Waals surface area contributed by atoms with Crippen LogP contribution >= 0.6 is 11.8 Å². The molecule has 5 rings (SSSR count). The van der Waals surface area contributed by atoms with Crippen molar-refractivity contribution in [2.24, 2.45) is 23.7 Å². The lowest BCUT2D eigenvalue weighted by molar-refractivity contribution is -0.149. The summed E-state index contributed by atoms with van der Waals surface area (Å²) in [7, 11) is 2.35. The second-order valence-corrected chi connectivity index (χ2v) is 22.6. The highest BCUT2D eigenvalue weighted by atomic mass is 32.2. The second-order valence-electron chi connectivity index (χ2n) is 21.5. The Morgan fingerprint density at radius 1 is 0.756 bits per heavy atom. The van der Waals surface area contributed by atoms with E-state index in [2.05, 4.69) is 46.9 Å². The van der Waals surface area contributed by atoms with Gasteiger partial charge in [-0.05, 0) is 54.5 Å². The molecule has 0 radical (unpaired) electrons. The van der Waals surface area contributed by atoms with Gasteiger partial charge in [-0.1, -0.05) is 40.5 Å². The third kappa shape index (κ3) is 21.1. The topological polar surface area (TPSA) is 382 Å². The minimum absolute atomic E-state index is 0.00328.